The smallest absolute Gasteiger partial charge is 0.469 e. The van der Waals surface area contributed by atoms with Crippen LogP contribution in [0.25, 0.3) is 10.4 Å². The van der Waals surface area contributed by atoms with Gasteiger partial charge >= 0.3 is 7.82 Å². The number of phosphoric acid groups is 1. The molecule has 1 amide bonds. The summed E-state index contributed by atoms with van der Waals surface area (Å²) >= 11 is 1.56. The summed E-state index contributed by atoms with van der Waals surface area (Å²) in [6.45, 7) is 1.29. The molecular formula is C25H31N2O6PS. The molecule has 0 aliphatic heterocycles. The summed E-state index contributed by atoms with van der Waals surface area (Å²) in [6, 6.07) is 19.6. The van der Waals surface area contributed by atoms with Gasteiger partial charge in [0, 0.05) is 16.1 Å². The fourth-order valence-corrected chi connectivity index (χ4v) is 4.53. The van der Waals surface area contributed by atoms with Gasteiger partial charge in [0.1, 0.15) is 11.3 Å². The minimum absolute atomic E-state index is 0.487. The number of anilines is 1. The molecule has 0 saturated carbocycles. The summed E-state index contributed by atoms with van der Waals surface area (Å²) in [6.07, 6.45) is 4.14. The molecule has 35 heavy (non-hydrogen) atoms. The number of benzene rings is 2. The maximum atomic E-state index is 12.6. The molecule has 3 rings (SSSR count). The molecule has 0 spiro atoms. The van der Waals surface area contributed by atoms with Gasteiger partial charge in [-0.3, -0.25) is 9.32 Å². The fraction of sp³-hybridized carbons (Fsp3) is 0.320. The lowest BCUT2D eigenvalue weighted by Gasteiger charge is -2.23. The van der Waals surface area contributed by atoms with Gasteiger partial charge in [-0.1, -0.05) is 36.4 Å². The van der Waals surface area contributed by atoms with Crippen LogP contribution in [-0.2, 0) is 20.3 Å². The molecule has 188 valence electrons. The molecule has 2 aromatic carbocycles. The van der Waals surface area contributed by atoms with Gasteiger partial charge < -0.3 is 25.6 Å². The lowest BCUT2D eigenvalue weighted by Crippen LogP contribution is -2.52. The molecule has 0 bridgehead atoms. The average Bonchev–Trinajstić information content (AvgIpc) is 3.36. The number of aryl methyl sites for hydroxylation is 1. The Morgan fingerprint density at radius 3 is 2.54 bits per heavy atom. The molecule has 0 unspecified atom stereocenters. The van der Waals surface area contributed by atoms with E-state index >= 15 is 0 Å². The van der Waals surface area contributed by atoms with Gasteiger partial charge in [0.2, 0.25) is 5.91 Å². The van der Waals surface area contributed by atoms with Crippen molar-refractivity contribution in [3.63, 3.8) is 0 Å². The Kier molecular flexibility index (Phi) is 9.63. The minimum Gasteiger partial charge on any atom is -0.493 e. The highest BCUT2D eigenvalue weighted by molar-refractivity contribution is 7.46. The molecule has 0 fully saturated rings. The van der Waals surface area contributed by atoms with Crippen LogP contribution >= 0.6 is 19.2 Å². The van der Waals surface area contributed by atoms with Gasteiger partial charge in [0.15, 0.2) is 0 Å². The summed E-state index contributed by atoms with van der Waals surface area (Å²) in [5.41, 5.74) is 6.95. The van der Waals surface area contributed by atoms with E-state index in [1.54, 1.807) is 29.5 Å². The van der Waals surface area contributed by atoms with Crippen molar-refractivity contribution >= 4 is 30.8 Å². The van der Waals surface area contributed by atoms with Gasteiger partial charge in [-0.25, -0.2) is 4.57 Å². The van der Waals surface area contributed by atoms with Crippen LogP contribution in [0.5, 0.6) is 5.75 Å². The molecule has 0 aliphatic rings. The molecule has 5 N–H and O–H groups in total. The van der Waals surface area contributed by atoms with E-state index in [0.29, 0.717) is 18.0 Å². The van der Waals surface area contributed by atoms with E-state index < -0.39 is 25.9 Å². The summed E-state index contributed by atoms with van der Waals surface area (Å²) in [4.78, 5) is 31.4. The van der Waals surface area contributed by atoms with Crippen molar-refractivity contribution in [1.29, 1.82) is 0 Å². The van der Waals surface area contributed by atoms with Crippen LogP contribution in [0.1, 0.15) is 31.7 Å². The Labute approximate surface area is 209 Å². The number of phosphoric ester groups is 1. The Morgan fingerprint density at radius 1 is 1.09 bits per heavy atom. The predicted molar refractivity (Wildman–Crippen MR) is 138 cm³/mol. The van der Waals surface area contributed by atoms with E-state index in [-0.39, 0.29) is 0 Å². The van der Waals surface area contributed by atoms with Crippen LogP contribution in [0.15, 0.2) is 66.0 Å². The molecule has 1 heterocycles. The Bertz CT molecular complexity index is 1130. The molecular weight excluding hydrogens is 487 g/mol. The second-order valence-corrected chi connectivity index (χ2v) is 10.7. The molecule has 10 heteroatoms. The van der Waals surface area contributed by atoms with E-state index in [1.807, 2.05) is 23.6 Å². The van der Waals surface area contributed by atoms with Crippen molar-refractivity contribution in [3.05, 3.63) is 71.6 Å². The first-order valence-electron chi connectivity index (χ1n) is 11.3. The lowest BCUT2D eigenvalue weighted by molar-refractivity contribution is -0.121. The fourth-order valence-electron chi connectivity index (χ4n) is 3.35. The van der Waals surface area contributed by atoms with Crippen LogP contribution < -0.4 is 15.8 Å². The monoisotopic (exact) mass is 518 g/mol. The van der Waals surface area contributed by atoms with Gasteiger partial charge in [0.25, 0.3) is 0 Å². The lowest BCUT2D eigenvalue weighted by atomic mass is 10.0. The SMILES string of the molecule is C[C@@](N)(COP(=O)(O)O)C(=O)Nc1ccc(OCCCCCc2ccccc2)c(-c2cccs2)c1. The largest absolute Gasteiger partial charge is 0.493 e. The molecule has 1 atom stereocenters. The van der Waals surface area contributed by atoms with Gasteiger partial charge in [-0.05, 0) is 67.8 Å². The number of carbonyl (C=O) groups excluding carboxylic acids is 1. The number of nitrogens with one attached hydrogen (secondary N) is 1. The number of rotatable bonds is 13. The molecule has 3 aromatic rings. The van der Waals surface area contributed by atoms with Crippen molar-refractivity contribution in [2.75, 3.05) is 18.5 Å². The van der Waals surface area contributed by atoms with Gasteiger partial charge in [-0.15, -0.1) is 11.3 Å². The Hall–Kier alpha value is -2.52. The zero-order valence-electron chi connectivity index (χ0n) is 19.6. The molecule has 8 nitrogen and oxygen atoms in total. The second kappa shape index (κ2) is 12.4. The number of nitrogens with two attached hydrogens (primary N) is 1. The van der Waals surface area contributed by atoms with Crippen molar-refractivity contribution < 1.29 is 28.4 Å². The number of amides is 1. The quantitative estimate of drug-likeness (QED) is 0.186. The number of hydrogen-bond donors (Lipinski definition) is 4. The third kappa shape index (κ3) is 8.89. The first-order valence-corrected chi connectivity index (χ1v) is 13.7. The van der Waals surface area contributed by atoms with Crippen molar-refractivity contribution in [2.45, 2.75) is 38.1 Å². The van der Waals surface area contributed by atoms with Crippen molar-refractivity contribution in [1.82, 2.24) is 0 Å². The predicted octanol–water partition coefficient (Wildman–Crippen LogP) is 4.97. The first-order chi connectivity index (χ1) is 16.6. The zero-order valence-corrected chi connectivity index (χ0v) is 21.3. The van der Waals surface area contributed by atoms with Crippen LogP contribution in [0.3, 0.4) is 0 Å². The molecule has 0 aliphatic carbocycles. The molecule has 0 saturated heterocycles. The van der Waals surface area contributed by atoms with Crippen LogP contribution in [0, 0.1) is 0 Å². The molecule has 1 aromatic heterocycles. The average molecular weight is 519 g/mol. The number of unbranched alkanes of at least 4 members (excludes halogenated alkanes) is 2. The summed E-state index contributed by atoms with van der Waals surface area (Å²) in [5, 5.41) is 4.66. The maximum Gasteiger partial charge on any atom is 0.469 e. The Balaban J connectivity index is 1.59. The van der Waals surface area contributed by atoms with Crippen molar-refractivity contribution in [3.8, 4) is 16.2 Å². The highest BCUT2D eigenvalue weighted by Gasteiger charge is 2.32. The van der Waals surface area contributed by atoms with E-state index in [2.05, 4.69) is 34.1 Å². The second-order valence-electron chi connectivity index (χ2n) is 8.47. The highest BCUT2D eigenvalue weighted by Crippen LogP contribution is 2.37. The topological polar surface area (TPSA) is 131 Å². The van der Waals surface area contributed by atoms with Crippen LogP contribution in [0.4, 0.5) is 5.69 Å². The summed E-state index contributed by atoms with van der Waals surface area (Å²) in [5.74, 6) is 0.0871. The minimum atomic E-state index is -4.74. The third-order valence-corrected chi connectivity index (χ3v) is 6.65. The van der Waals surface area contributed by atoms with Crippen LogP contribution in [0.2, 0.25) is 0 Å². The van der Waals surface area contributed by atoms with Gasteiger partial charge in [0.05, 0.1) is 13.2 Å². The van der Waals surface area contributed by atoms with E-state index in [4.69, 9.17) is 20.3 Å². The molecule has 0 radical (unpaired) electrons. The first kappa shape index (κ1) is 27.1. The number of hydrogen-bond acceptors (Lipinski definition) is 6. The number of carbonyl (C=O) groups is 1. The summed E-state index contributed by atoms with van der Waals surface area (Å²) in [7, 11) is -4.74. The van der Waals surface area contributed by atoms with Gasteiger partial charge in [-0.2, -0.15) is 0 Å². The standard InChI is InChI=1S/C25H31N2O6PS/c1-25(26,18-33-34(29,30)31)24(28)27-20-13-14-22(21(17-20)23-12-8-16-35-23)32-15-7-3-6-11-19-9-4-2-5-10-19/h2,4-5,8-10,12-14,16-17H,3,6-7,11,15,18,26H2,1H3,(H,27,28)(H2,29,30,31)/t25-/m1/s1. The third-order valence-electron chi connectivity index (χ3n) is 5.29. The number of thiophene rings is 1. The number of ether oxygens (including phenoxy) is 1. The summed E-state index contributed by atoms with van der Waals surface area (Å²) < 4.78 is 21.4. The van der Waals surface area contributed by atoms with E-state index in [0.717, 1.165) is 36.1 Å². The van der Waals surface area contributed by atoms with E-state index in [9.17, 15) is 9.36 Å². The van der Waals surface area contributed by atoms with Crippen molar-refractivity contribution in [2.24, 2.45) is 5.73 Å². The highest BCUT2D eigenvalue weighted by atomic mass is 32.1. The van der Waals surface area contributed by atoms with E-state index in [1.165, 1.54) is 12.5 Å². The normalized spacial score (nSPS) is 13.3. The Morgan fingerprint density at radius 2 is 1.86 bits per heavy atom. The van der Waals surface area contributed by atoms with Crippen LogP contribution in [-0.4, -0.2) is 34.4 Å². The maximum absolute atomic E-state index is 12.6. The zero-order chi connectivity index (χ0) is 25.3.